The molecule has 0 aromatic heterocycles. The molecule has 0 aliphatic heterocycles. The molecule has 0 fully saturated rings. The second-order valence-electron chi connectivity index (χ2n) is 5.42. The predicted octanol–water partition coefficient (Wildman–Crippen LogP) is 2.50. The molecule has 0 bridgehead atoms. The van der Waals surface area contributed by atoms with E-state index >= 15 is 0 Å². The van der Waals surface area contributed by atoms with E-state index in [1.165, 1.54) is 29.2 Å². The lowest BCUT2D eigenvalue weighted by molar-refractivity contribution is -0.130. The van der Waals surface area contributed by atoms with E-state index in [1.807, 2.05) is 0 Å². The number of halogens is 3. The number of terminal acetylenes is 1. The molecule has 2 rings (SSSR count). The highest BCUT2D eigenvalue weighted by atomic mass is 19.1. The third kappa shape index (κ3) is 5.38. The average Bonchev–Trinajstić information content (AvgIpc) is 2.60. The Morgan fingerprint density at radius 3 is 2.19 bits per heavy atom. The molecule has 0 unspecified atom stereocenters. The first-order chi connectivity index (χ1) is 12.4. The van der Waals surface area contributed by atoms with E-state index in [-0.39, 0.29) is 18.7 Å². The minimum Gasteiger partial charge on any atom is -0.343 e. The van der Waals surface area contributed by atoms with Crippen LogP contribution in [0.5, 0.6) is 0 Å². The number of benzene rings is 2. The van der Waals surface area contributed by atoms with Crippen molar-refractivity contribution in [2.24, 2.45) is 0 Å². The highest BCUT2D eigenvalue weighted by Gasteiger charge is 2.16. The monoisotopic (exact) mass is 360 g/mol. The van der Waals surface area contributed by atoms with Crippen molar-refractivity contribution in [2.45, 2.75) is 6.54 Å². The Kier molecular flexibility index (Phi) is 6.39. The summed E-state index contributed by atoms with van der Waals surface area (Å²) in [6.07, 6.45) is 5.25. The molecule has 0 heterocycles. The molecule has 2 amide bonds. The Morgan fingerprint density at radius 2 is 1.62 bits per heavy atom. The molecule has 26 heavy (non-hydrogen) atoms. The third-order valence-electron chi connectivity index (χ3n) is 3.45. The fourth-order valence-electron chi connectivity index (χ4n) is 2.21. The smallest absolute Gasteiger partial charge is 0.251 e. The Bertz CT molecular complexity index is 825. The van der Waals surface area contributed by atoms with Crippen LogP contribution in [0.3, 0.4) is 0 Å². The van der Waals surface area contributed by atoms with E-state index in [4.69, 9.17) is 6.42 Å². The van der Waals surface area contributed by atoms with Crippen molar-refractivity contribution in [1.29, 1.82) is 0 Å². The van der Waals surface area contributed by atoms with Gasteiger partial charge in [0.1, 0.15) is 17.5 Å². The van der Waals surface area contributed by atoms with Crippen molar-refractivity contribution in [3.05, 3.63) is 71.0 Å². The summed E-state index contributed by atoms with van der Waals surface area (Å²) in [5.41, 5.74) is 0.422. The van der Waals surface area contributed by atoms with Gasteiger partial charge in [0.25, 0.3) is 5.91 Å². The lowest BCUT2D eigenvalue weighted by atomic mass is 10.2. The quantitative estimate of drug-likeness (QED) is 0.805. The molecule has 4 nitrogen and oxygen atoms in total. The van der Waals surface area contributed by atoms with Gasteiger partial charge in [0.2, 0.25) is 5.91 Å². The number of nitrogens with one attached hydrogen (secondary N) is 1. The van der Waals surface area contributed by atoms with Gasteiger partial charge in [-0.05, 0) is 29.8 Å². The van der Waals surface area contributed by atoms with Gasteiger partial charge in [0.05, 0.1) is 13.1 Å². The van der Waals surface area contributed by atoms with Gasteiger partial charge in [-0.1, -0.05) is 18.1 Å². The average molecular weight is 360 g/mol. The topological polar surface area (TPSA) is 49.4 Å². The Morgan fingerprint density at radius 1 is 1.00 bits per heavy atom. The highest BCUT2D eigenvalue weighted by Crippen LogP contribution is 2.09. The van der Waals surface area contributed by atoms with Gasteiger partial charge in [-0.15, -0.1) is 6.42 Å². The number of hydrogen-bond donors (Lipinski definition) is 1. The molecule has 0 saturated heterocycles. The van der Waals surface area contributed by atoms with Crippen LogP contribution in [0, 0.1) is 29.8 Å². The van der Waals surface area contributed by atoms with Gasteiger partial charge in [-0.2, -0.15) is 0 Å². The maximum atomic E-state index is 13.1. The van der Waals surface area contributed by atoms with Crippen LogP contribution in [0.25, 0.3) is 0 Å². The van der Waals surface area contributed by atoms with Gasteiger partial charge >= 0.3 is 0 Å². The zero-order valence-electron chi connectivity index (χ0n) is 13.6. The van der Waals surface area contributed by atoms with Crippen molar-refractivity contribution in [2.75, 3.05) is 13.1 Å². The molecule has 0 aliphatic carbocycles. The maximum absolute atomic E-state index is 13.1. The van der Waals surface area contributed by atoms with Crippen LogP contribution in [0.1, 0.15) is 15.9 Å². The minimum absolute atomic E-state index is 0.0132. The zero-order valence-corrected chi connectivity index (χ0v) is 13.6. The molecule has 0 radical (unpaired) electrons. The summed E-state index contributed by atoms with van der Waals surface area (Å²) in [5, 5.41) is 2.29. The largest absolute Gasteiger partial charge is 0.343 e. The maximum Gasteiger partial charge on any atom is 0.251 e. The summed E-state index contributed by atoms with van der Waals surface area (Å²) in [6.45, 7) is -0.283. The van der Waals surface area contributed by atoms with Crippen LogP contribution in [-0.2, 0) is 11.3 Å². The Hall–Kier alpha value is -3.27. The molecule has 0 saturated carbocycles. The van der Waals surface area contributed by atoms with Crippen LogP contribution < -0.4 is 5.32 Å². The zero-order chi connectivity index (χ0) is 19.1. The second-order valence-corrected chi connectivity index (χ2v) is 5.42. The molecule has 2 aromatic rings. The fraction of sp³-hybridized carbons (Fsp3) is 0.158. The summed E-state index contributed by atoms with van der Waals surface area (Å²) >= 11 is 0. The van der Waals surface area contributed by atoms with E-state index in [1.54, 1.807) is 0 Å². The Balaban J connectivity index is 1.99. The molecule has 1 N–H and O–H groups in total. The highest BCUT2D eigenvalue weighted by molar-refractivity contribution is 5.96. The molecule has 7 heteroatoms. The molecular formula is C19H15F3N2O2. The Labute approximate surface area is 148 Å². The first-order valence-electron chi connectivity index (χ1n) is 7.59. The normalized spacial score (nSPS) is 10.1. The molecule has 0 atom stereocenters. The number of carbonyl (C=O) groups is 2. The lowest BCUT2D eigenvalue weighted by Gasteiger charge is -2.20. The molecule has 134 valence electrons. The van der Waals surface area contributed by atoms with Crippen LogP contribution in [0.4, 0.5) is 13.2 Å². The molecule has 0 aliphatic rings. The van der Waals surface area contributed by atoms with E-state index in [9.17, 15) is 22.8 Å². The summed E-state index contributed by atoms with van der Waals surface area (Å²) in [5.74, 6) is -1.14. The van der Waals surface area contributed by atoms with Crippen LogP contribution >= 0.6 is 0 Å². The number of nitrogens with zero attached hydrogens (tertiary/aromatic N) is 1. The summed E-state index contributed by atoms with van der Waals surface area (Å²) in [7, 11) is 0. The van der Waals surface area contributed by atoms with E-state index in [2.05, 4.69) is 11.2 Å². The number of amides is 2. The first kappa shape index (κ1) is 19.1. The first-order valence-corrected chi connectivity index (χ1v) is 7.59. The van der Waals surface area contributed by atoms with E-state index in [0.717, 1.165) is 12.1 Å². The fourth-order valence-corrected chi connectivity index (χ4v) is 2.21. The predicted molar refractivity (Wildman–Crippen MR) is 89.3 cm³/mol. The van der Waals surface area contributed by atoms with Crippen molar-refractivity contribution in [3.8, 4) is 12.3 Å². The standard InChI is InChI=1S/C19H15F3N2O2/c1-2-7-24(12-13-3-5-15(20)6-4-13)18(25)11-23-19(26)14-8-16(21)10-17(22)9-14/h1,3-6,8-10H,7,11-12H2,(H,23,26). The van der Waals surface area contributed by atoms with Crippen LogP contribution in [-0.4, -0.2) is 29.8 Å². The molecule has 0 spiro atoms. The summed E-state index contributed by atoms with van der Waals surface area (Å²) < 4.78 is 39.2. The lowest BCUT2D eigenvalue weighted by Crippen LogP contribution is -2.40. The summed E-state index contributed by atoms with van der Waals surface area (Å²) in [4.78, 5) is 25.5. The third-order valence-corrected chi connectivity index (χ3v) is 3.45. The van der Waals surface area contributed by atoms with Crippen LogP contribution in [0.2, 0.25) is 0 Å². The van der Waals surface area contributed by atoms with Crippen molar-refractivity contribution >= 4 is 11.8 Å². The van der Waals surface area contributed by atoms with Gasteiger partial charge in [0.15, 0.2) is 0 Å². The van der Waals surface area contributed by atoms with Gasteiger partial charge in [-0.25, -0.2) is 13.2 Å². The molecule has 2 aromatic carbocycles. The van der Waals surface area contributed by atoms with E-state index in [0.29, 0.717) is 11.6 Å². The van der Waals surface area contributed by atoms with Crippen molar-refractivity contribution < 1.29 is 22.8 Å². The van der Waals surface area contributed by atoms with Gasteiger partial charge < -0.3 is 10.2 Å². The molecular weight excluding hydrogens is 345 g/mol. The van der Waals surface area contributed by atoms with Gasteiger partial charge in [0, 0.05) is 18.2 Å². The number of rotatable bonds is 6. The van der Waals surface area contributed by atoms with Crippen molar-refractivity contribution in [1.82, 2.24) is 10.2 Å². The van der Waals surface area contributed by atoms with E-state index < -0.39 is 35.8 Å². The minimum atomic E-state index is -0.897. The number of carbonyl (C=O) groups excluding carboxylic acids is 2. The SMILES string of the molecule is C#CCN(Cc1ccc(F)cc1)C(=O)CNC(=O)c1cc(F)cc(F)c1. The van der Waals surface area contributed by atoms with Gasteiger partial charge in [-0.3, -0.25) is 9.59 Å². The number of hydrogen-bond acceptors (Lipinski definition) is 2. The second kappa shape index (κ2) is 8.72. The summed E-state index contributed by atoms with van der Waals surface area (Å²) in [6, 6.07) is 7.91. The van der Waals surface area contributed by atoms with Crippen LogP contribution in [0.15, 0.2) is 42.5 Å². The van der Waals surface area contributed by atoms with Crippen molar-refractivity contribution in [3.63, 3.8) is 0 Å².